The number of hydrogen-bond acceptors (Lipinski definition) is 3. The molecule has 0 atom stereocenters. The first-order valence-corrected chi connectivity index (χ1v) is 8.39. The molecule has 1 heterocycles. The quantitative estimate of drug-likeness (QED) is 0.729. The molecule has 2 aromatic rings. The first kappa shape index (κ1) is 20.8. The molecule has 0 unspecified atom stereocenters. The van der Waals surface area contributed by atoms with Crippen LogP contribution < -0.4 is 16.0 Å². The van der Waals surface area contributed by atoms with Gasteiger partial charge in [-0.3, -0.25) is 9.59 Å². The maximum atomic E-state index is 14.5. The summed E-state index contributed by atoms with van der Waals surface area (Å²) in [5, 5.41) is 8.29. The number of rotatable bonds is 5. The third-order valence-electron chi connectivity index (χ3n) is 4.23. The van der Waals surface area contributed by atoms with Gasteiger partial charge >= 0.3 is 0 Å². The van der Waals surface area contributed by atoms with E-state index >= 15 is 0 Å². The Morgan fingerprint density at radius 3 is 2.56 bits per heavy atom. The summed E-state index contributed by atoms with van der Waals surface area (Å²) in [6.07, 6.45) is 0.587. The highest BCUT2D eigenvalue weighted by atomic mass is 35.5. The van der Waals surface area contributed by atoms with Crippen molar-refractivity contribution in [3.63, 3.8) is 0 Å². The molecular weight excluding hydrogens is 376 g/mol. The smallest absolute Gasteiger partial charge is 0.251 e. The summed E-state index contributed by atoms with van der Waals surface area (Å²) < 4.78 is 27.3. The van der Waals surface area contributed by atoms with Crippen molar-refractivity contribution < 1.29 is 18.4 Å². The number of amides is 2. The van der Waals surface area contributed by atoms with E-state index in [1.54, 1.807) is 12.1 Å². The van der Waals surface area contributed by atoms with Crippen LogP contribution in [0.4, 0.5) is 14.5 Å². The SMILES string of the molecule is Cl.O=C(CCNC(=O)c1ccc(F)cc1)Nc1ccc2c(c1F)CCNC2. The third-order valence-corrected chi connectivity index (χ3v) is 4.23. The largest absolute Gasteiger partial charge is 0.352 e. The minimum absolute atomic E-state index is 0. The van der Waals surface area contributed by atoms with Gasteiger partial charge in [0.2, 0.25) is 5.91 Å². The van der Waals surface area contributed by atoms with E-state index in [2.05, 4.69) is 16.0 Å². The van der Waals surface area contributed by atoms with Gasteiger partial charge in [-0.25, -0.2) is 8.78 Å². The van der Waals surface area contributed by atoms with E-state index in [1.807, 2.05) is 0 Å². The minimum atomic E-state index is -0.427. The fourth-order valence-corrected chi connectivity index (χ4v) is 2.84. The number of carbonyl (C=O) groups is 2. The molecule has 0 aliphatic carbocycles. The molecule has 0 saturated heterocycles. The average Bonchev–Trinajstić information content (AvgIpc) is 2.65. The Morgan fingerprint density at radius 1 is 1.07 bits per heavy atom. The summed E-state index contributed by atoms with van der Waals surface area (Å²) in [6.45, 7) is 1.42. The summed E-state index contributed by atoms with van der Waals surface area (Å²) in [6, 6.07) is 8.46. The summed E-state index contributed by atoms with van der Waals surface area (Å²) in [5.74, 6) is -1.61. The number of hydrogen-bond donors (Lipinski definition) is 3. The Morgan fingerprint density at radius 2 is 1.81 bits per heavy atom. The van der Waals surface area contributed by atoms with E-state index in [0.29, 0.717) is 30.6 Å². The number of carbonyl (C=O) groups excluding carboxylic acids is 2. The van der Waals surface area contributed by atoms with Gasteiger partial charge in [0.15, 0.2) is 0 Å². The van der Waals surface area contributed by atoms with E-state index in [1.165, 1.54) is 24.3 Å². The molecule has 1 aliphatic heterocycles. The van der Waals surface area contributed by atoms with Crippen molar-refractivity contribution in [2.75, 3.05) is 18.4 Å². The van der Waals surface area contributed by atoms with Crippen molar-refractivity contribution in [1.29, 1.82) is 0 Å². The predicted octanol–water partition coefficient (Wildman–Crippen LogP) is 2.79. The van der Waals surface area contributed by atoms with Gasteiger partial charge in [-0.2, -0.15) is 0 Å². The van der Waals surface area contributed by atoms with Crippen LogP contribution in [0.25, 0.3) is 0 Å². The molecule has 3 N–H and O–H groups in total. The lowest BCUT2D eigenvalue weighted by Crippen LogP contribution is -2.28. The van der Waals surface area contributed by atoms with E-state index in [-0.39, 0.29) is 31.1 Å². The topological polar surface area (TPSA) is 70.2 Å². The highest BCUT2D eigenvalue weighted by Crippen LogP contribution is 2.24. The zero-order valence-corrected chi connectivity index (χ0v) is 15.3. The number of nitrogens with one attached hydrogen (secondary N) is 3. The molecule has 0 saturated carbocycles. The van der Waals surface area contributed by atoms with E-state index < -0.39 is 23.4 Å². The van der Waals surface area contributed by atoms with Crippen LogP contribution in [-0.2, 0) is 17.8 Å². The van der Waals surface area contributed by atoms with Crippen molar-refractivity contribution in [2.24, 2.45) is 0 Å². The molecule has 2 aromatic carbocycles. The second-order valence-electron chi connectivity index (χ2n) is 6.05. The number of anilines is 1. The number of halogens is 3. The highest BCUT2D eigenvalue weighted by molar-refractivity contribution is 5.95. The third kappa shape index (κ3) is 5.24. The lowest BCUT2D eigenvalue weighted by Gasteiger charge is -2.19. The molecule has 5 nitrogen and oxygen atoms in total. The van der Waals surface area contributed by atoms with Gasteiger partial charge in [0.1, 0.15) is 11.6 Å². The second-order valence-corrected chi connectivity index (χ2v) is 6.05. The van der Waals surface area contributed by atoms with Gasteiger partial charge in [0.25, 0.3) is 5.91 Å². The first-order chi connectivity index (χ1) is 12.5. The van der Waals surface area contributed by atoms with Gasteiger partial charge in [-0.05, 0) is 54.4 Å². The Hall–Kier alpha value is -2.51. The molecule has 2 amide bonds. The second kappa shape index (κ2) is 9.43. The van der Waals surface area contributed by atoms with Crippen molar-refractivity contribution in [2.45, 2.75) is 19.4 Å². The molecule has 0 fully saturated rings. The van der Waals surface area contributed by atoms with Crippen LogP contribution in [0.2, 0.25) is 0 Å². The fourth-order valence-electron chi connectivity index (χ4n) is 2.84. The predicted molar refractivity (Wildman–Crippen MR) is 101 cm³/mol. The molecule has 3 rings (SSSR count). The molecule has 0 bridgehead atoms. The zero-order chi connectivity index (χ0) is 18.5. The van der Waals surface area contributed by atoms with Gasteiger partial charge in [0.05, 0.1) is 5.69 Å². The van der Waals surface area contributed by atoms with Gasteiger partial charge in [-0.1, -0.05) is 6.07 Å². The lowest BCUT2D eigenvalue weighted by atomic mass is 9.99. The normalized spacial score (nSPS) is 12.5. The molecule has 8 heteroatoms. The summed E-state index contributed by atoms with van der Waals surface area (Å²) in [5.41, 5.74) is 1.99. The van der Waals surface area contributed by atoms with Crippen LogP contribution in [0.5, 0.6) is 0 Å². The van der Waals surface area contributed by atoms with Crippen LogP contribution in [0, 0.1) is 11.6 Å². The Balaban J connectivity index is 0.00000261. The lowest BCUT2D eigenvalue weighted by molar-refractivity contribution is -0.116. The number of benzene rings is 2. The van der Waals surface area contributed by atoms with Crippen molar-refractivity contribution in [3.05, 3.63) is 64.7 Å². The monoisotopic (exact) mass is 395 g/mol. The van der Waals surface area contributed by atoms with Crippen LogP contribution >= 0.6 is 12.4 Å². The highest BCUT2D eigenvalue weighted by Gasteiger charge is 2.17. The summed E-state index contributed by atoms with van der Waals surface area (Å²) >= 11 is 0. The standard InChI is InChI=1S/C19H19F2N3O2.ClH/c20-14-4-1-12(2-5-14)19(26)23-10-8-17(25)24-16-6-3-13-11-22-9-7-15(13)18(16)21;/h1-6,22H,7-11H2,(H,23,26)(H,24,25);1H. The number of fused-ring (bicyclic) bond motifs is 1. The van der Waals surface area contributed by atoms with Gasteiger partial charge < -0.3 is 16.0 Å². The van der Waals surface area contributed by atoms with Gasteiger partial charge in [-0.15, -0.1) is 12.4 Å². The Bertz CT molecular complexity index is 828. The average molecular weight is 396 g/mol. The molecule has 0 radical (unpaired) electrons. The van der Waals surface area contributed by atoms with E-state index in [9.17, 15) is 18.4 Å². The maximum absolute atomic E-state index is 14.5. The molecular formula is C19H20ClF2N3O2. The van der Waals surface area contributed by atoms with E-state index in [0.717, 1.165) is 5.56 Å². The fraction of sp³-hybridized carbons (Fsp3) is 0.263. The van der Waals surface area contributed by atoms with Crippen molar-refractivity contribution in [1.82, 2.24) is 10.6 Å². The van der Waals surface area contributed by atoms with Gasteiger partial charge in [0, 0.05) is 25.1 Å². The molecule has 144 valence electrons. The van der Waals surface area contributed by atoms with Crippen LogP contribution in [0.1, 0.15) is 27.9 Å². The molecule has 0 aromatic heterocycles. The van der Waals surface area contributed by atoms with E-state index in [4.69, 9.17) is 0 Å². The Kier molecular flexibility index (Phi) is 7.27. The Labute approximate surface area is 161 Å². The first-order valence-electron chi connectivity index (χ1n) is 8.39. The summed E-state index contributed by atoms with van der Waals surface area (Å²) in [4.78, 5) is 23.9. The molecule has 0 spiro atoms. The van der Waals surface area contributed by atoms with Crippen LogP contribution in [0.3, 0.4) is 0 Å². The summed E-state index contributed by atoms with van der Waals surface area (Å²) in [7, 11) is 0. The minimum Gasteiger partial charge on any atom is -0.352 e. The van der Waals surface area contributed by atoms with Crippen LogP contribution in [0.15, 0.2) is 36.4 Å². The van der Waals surface area contributed by atoms with Crippen molar-refractivity contribution in [3.8, 4) is 0 Å². The maximum Gasteiger partial charge on any atom is 0.251 e. The molecule has 27 heavy (non-hydrogen) atoms. The zero-order valence-electron chi connectivity index (χ0n) is 14.5. The van der Waals surface area contributed by atoms with Crippen molar-refractivity contribution >= 4 is 29.9 Å². The van der Waals surface area contributed by atoms with Crippen LogP contribution in [-0.4, -0.2) is 24.9 Å². The molecule has 1 aliphatic rings.